The smallest absolute Gasteiger partial charge is 0.388 e. The average Bonchev–Trinajstić information content (AvgIpc) is 2.14. The van der Waals surface area contributed by atoms with E-state index in [-0.39, 0.29) is 17.2 Å². The summed E-state index contributed by atoms with van der Waals surface area (Å²) in [6.45, 7) is 7.19. The van der Waals surface area contributed by atoms with Crippen LogP contribution in [0.3, 0.4) is 0 Å². The Balaban J connectivity index is 3.32. The van der Waals surface area contributed by atoms with E-state index in [1.165, 1.54) is 6.20 Å². The van der Waals surface area contributed by atoms with Crippen molar-refractivity contribution in [3.05, 3.63) is 23.4 Å². The third-order valence-corrected chi connectivity index (χ3v) is 2.54. The van der Waals surface area contributed by atoms with Crippen LogP contribution in [0, 0.1) is 0 Å². The maximum absolute atomic E-state index is 12.3. The minimum Gasteiger partial charge on any atom is -0.417 e. The summed E-state index contributed by atoms with van der Waals surface area (Å²) in [6.07, 6.45) is 1.52. The highest BCUT2D eigenvalue weighted by atomic mass is 19.3. The van der Waals surface area contributed by atoms with E-state index in [9.17, 15) is 8.78 Å². The van der Waals surface area contributed by atoms with E-state index in [4.69, 9.17) is 0 Å². The van der Waals surface area contributed by atoms with Crippen molar-refractivity contribution >= 4 is 0 Å². The van der Waals surface area contributed by atoms with Gasteiger partial charge in [-0.05, 0) is 23.0 Å². The standard InChI is InChI=1S/C13H19F2NO/c1-8(2)10-9(13(3,4)5)6-7-16-11(10)17-12(14)15/h6-8,12H,1-5H3. The summed E-state index contributed by atoms with van der Waals surface area (Å²) < 4.78 is 29.2. The molecule has 1 aromatic heterocycles. The molecule has 2 nitrogen and oxygen atoms in total. The first-order valence-corrected chi connectivity index (χ1v) is 5.67. The van der Waals surface area contributed by atoms with Gasteiger partial charge in [0.1, 0.15) is 0 Å². The van der Waals surface area contributed by atoms with Gasteiger partial charge in [0.2, 0.25) is 5.88 Å². The first-order chi connectivity index (χ1) is 7.73. The van der Waals surface area contributed by atoms with Crippen LogP contribution in [0.25, 0.3) is 0 Å². The van der Waals surface area contributed by atoms with Crippen LogP contribution >= 0.6 is 0 Å². The number of nitrogens with zero attached hydrogens (tertiary/aromatic N) is 1. The summed E-state index contributed by atoms with van der Waals surface area (Å²) in [5, 5.41) is 0. The number of hydrogen-bond acceptors (Lipinski definition) is 2. The second-order valence-electron chi connectivity index (χ2n) is 5.36. The first-order valence-electron chi connectivity index (χ1n) is 5.67. The fraction of sp³-hybridized carbons (Fsp3) is 0.615. The van der Waals surface area contributed by atoms with Gasteiger partial charge >= 0.3 is 6.61 Å². The average molecular weight is 243 g/mol. The van der Waals surface area contributed by atoms with Crippen LogP contribution in [0.15, 0.2) is 12.3 Å². The van der Waals surface area contributed by atoms with Crippen molar-refractivity contribution in [3.8, 4) is 5.88 Å². The molecule has 96 valence electrons. The van der Waals surface area contributed by atoms with E-state index < -0.39 is 6.61 Å². The molecular formula is C13H19F2NO. The maximum atomic E-state index is 12.3. The fourth-order valence-electron chi connectivity index (χ4n) is 1.84. The molecule has 0 bridgehead atoms. The van der Waals surface area contributed by atoms with Crippen LogP contribution in [0.4, 0.5) is 8.78 Å². The van der Waals surface area contributed by atoms with Gasteiger partial charge in [-0.3, -0.25) is 0 Å². The van der Waals surface area contributed by atoms with E-state index in [1.54, 1.807) is 0 Å². The van der Waals surface area contributed by atoms with Gasteiger partial charge in [-0.15, -0.1) is 0 Å². The predicted molar refractivity (Wildman–Crippen MR) is 63.7 cm³/mol. The molecule has 1 aromatic rings. The summed E-state index contributed by atoms with van der Waals surface area (Å²) in [6, 6.07) is 1.87. The van der Waals surface area contributed by atoms with Crippen LogP contribution in [-0.2, 0) is 5.41 Å². The van der Waals surface area contributed by atoms with E-state index in [0.717, 1.165) is 11.1 Å². The Morgan fingerprint density at radius 1 is 1.24 bits per heavy atom. The zero-order valence-electron chi connectivity index (χ0n) is 10.9. The van der Waals surface area contributed by atoms with Crippen molar-refractivity contribution in [3.63, 3.8) is 0 Å². The molecule has 0 N–H and O–H groups in total. The molecule has 0 aliphatic carbocycles. The number of pyridine rings is 1. The molecular weight excluding hydrogens is 224 g/mol. The predicted octanol–water partition coefficient (Wildman–Crippen LogP) is 4.10. The molecule has 0 amide bonds. The summed E-state index contributed by atoms with van der Waals surface area (Å²) in [4.78, 5) is 3.91. The minimum absolute atomic E-state index is 0.0439. The summed E-state index contributed by atoms with van der Waals surface area (Å²) in [7, 11) is 0. The second kappa shape index (κ2) is 4.98. The molecule has 0 saturated carbocycles. The molecule has 0 spiro atoms. The summed E-state index contributed by atoms with van der Waals surface area (Å²) in [5.41, 5.74) is 1.64. The molecule has 0 aliphatic heterocycles. The number of alkyl halides is 2. The molecule has 0 unspecified atom stereocenters. The summed E-state index contributed by atoms with van der Waals surface area (Å²) in [5.74, 6) is 0.133. The molecule has 0 aliphatic rings. The SMILES string of the molecule is CC(C)c1c(C(C)(C)C)ccnc1OC(F)F. The Labute approximate surface area is 101 Å². The van der Waals surface area contributed by atoms with E-state index in [1.807, 2.05) is 40.7 Å². The third-order valence-electron chi connectivity index (χ3n) is 2.54. The lowest BCUT2D eigenvalue weighted by Gasteiger charge is -2.25. The van der Waals surface area contributed by atoms with Gasteiger partial charge in [0.15, 0.2) is 0 Å². The Hall–Kier alpha value is -1.19. The monoisotopic (exact) mass is 243 g/mol. The van der Waals surface area contributed by atoms with Crippen LogP contribution in [-0.4, -0.2) is 11.6 Å². The van der Waals surface area contributed by atoms with Gasteiger partial charge in [-0.1, -0.05) is 34.6 Å². The van der Waals surface area contributed by atoms with E-state index in [0.29, 0.717) is 0 Å². The van der Waals surface area contributed by atoms with Gasteiger partial charge < -0.3 is 4.74 Å². The largest absolute Gasteiger partial charge is 0.417 e. The fourth-order valence-corrected chi connectivity index (χ4v) is 1.84. The van der Waals surface area contributed by atoms with Crippen molar-refractivity contribution in [2.45, 2.75) is 52.6 Å². The maximum Gasteiger partial charge on any atom is 0.388 e. The number of rotatable bonds is 3. The highest BCUT2D eigenvalue weighted by molar-refractivity contribution is 5.40. The molecule has 0 atom stereocenters. The van der Waals surface area contributed by atoms with Gasteiger partial charge in [0.05, 0.1) is 0 Å². The molecule has 1 heterocycles. The Bertz CT molecular complexity index is 383. The van der Waals surface area contributed by atoms with Crippen LogP contribution in [0.5, 0.6) is 5.88 Å². The van der Waals surface area contributed by atoms with Crippen molar-refractivity contribution in [1.29, 1.82) is 0 Å². The zero-order valence-corrected chi connectivity index (χ0v) is 10.9. The lowest BCUT2D eigenvalue weighted by atomic mass is 9.81. The molecule has 4 heteroatoms. The molecule has 0 fully saturated rings. The highest BCUT2D eigenvalue weighted by Crippen LogP contribution is 2.35. The Morgan fingerprint density at radius 2 is 1.82 bits per heavy atom. The van der Waals surface area contributed by atoms with Gasteiger partial charge in [0, 0.05) is 11.8 Å². The quantitative estimate of drug-likeness (QED) is 0.797. The number of aromatic nitrogens is 1. The lowest BCUT2D eigenvalue weighted by Crippen LogP contribution is -2.17. The molecule has 17 heavy (non-hydrogen) atoms. The lowest BCUT2D eigenvalue weighted by molar-refractivity contribution is -0.0537. The van der Waals surface area contributed by atoms with Gasteiger partial charge in [0.25, 0.3) is 0 Å². The third kappa shape index (κ3) is 3.38. The number of hydrogen-bond donors (Lipinski definition) is 0. The van der Waals surface area contributed by atoms with Gasteiger partial charge in [-0.2, -0.15) is 8.78 Å². The molecule has 0 saturated heterocycles. The normalized spacial score (nSPS) is 12.3. The Kier molecular flexibility index (Phi) is 4.07. The zero-order chi connectivity index (χ0) is 13.2. The molecule has 0 aromatic carbocycles. The van der Waals surface area contributed by atoms with Gasteiger partial charge in [-0.25, -0.2) is 4.98 Å². The summed E-state index contributed by atoms with van der Waals surface area (Å²) >= 11 is 0. The van der Waals surface area contributed by atoms with E-state index in [2.05, 4.69) is 9.72 Å². The number of halogens is 2. The first kappa shape index (κ1) is 13.9. The number of ether oxygens (including phenoxy) is 1. The topological polar surface area (TPSA) is 22.1 Å². The second-order valence-corrected chi connectivity index (χ2v) is 5.36. The van der Waals surface area contributed by atoms with Crippen LogP contribution in [0.1, 0.15) is 51.7 Å². The van der Waals surface area contributed by atoms with Crippen LogP contribution in [0.2, 0.25) is 0 Å². The molecule has 1 rings (SSSR count). The minimum atomic E-state index is -2.84. The molecule has 0 radical (unpaired) electrons. The van der Waals surface area contributed by atoms with Crippen molar-refractivity contribution in [2.24, 2.45) is 0 Å². The van der Waals surface area contributed by atoms with Crippen LogP contribution < -0.4 is 4.74 Å². The van der Waals surface area contributed by atoms with Crippen molar-refractivity contribution in [2.75, 3.05) is 0 Å². The Morgan fingerprint density at radius 3 is 2.24 bits per heavy atom. The van der Waals surface area contributed by atoms with Crippen molar-refractivity contribution < 1.29 is 13.5 Å². The van der Waals surface area contributed by atoms with E-state index >= 15 is 0 Å². The van der Waals surface area contributed by atoms with Crippen molar-refractivity contribution in [1.82, 2.24) is 4.98 Å². The highest BCUT2D eigenvalue weighted by Gasteiger charge is 2.24.